The van der Waals surface area contributed by atoms with E-state index in [0.717, 1.165) is 11.3 Å². The number of quaternary nitrogens is 1. The van der Waals surface area contributed by atoms with Crippen LogP contribution in [-0.4, -0.2) is 32.7 Å². The zero-order chi connectivity index (χ0) is 27.2. The SMILES string of the molecule is C1CC[NH2+]CC1.Cc1nn(-c2ccccc2)c([O-])c1C(c1ccccc1)c1c(C)[nH]n(-c2ccccc2)c1=O. The third kappa shape index (κ3) is 5.59. The number of piperidine rings is 1. The lowest BCUT2D eigenvalue weighted by Crippen LogP contribution is -2.85. The average molecular weight is 522 g/mol. The topological polar surface area (TPSA) is 95.3 Å². The number of nitrogens with one attached hydrogen (secondary N) is 1. The highest BCUT2D eigenvalue weighted by molar-refractivity contribution is 5.52. The van der Waals surface area contributed by atoms with Gasteiger partial charge >= 0.3 is 0 Å². The van der Waals surface area contributed by atoms with Gasteiger partial charge in [-0.3, -0.25) is 9.89 Å². The molecule has 7 heteroatoms. The molecule has 1 saturated heterocycles. The van der Waals surface area contributed by atoms with Crippen LogP contribution in [0.25, 0.3) is 11.4 Å². The first-order valence-electron chi connectivity index (χ1n) is 13.6. The molecule has 1 aliphatic heterocycles. The number of nitrogens with two attached hydrogens (primary N) is 1. The fraction of sp³-hybridized carbons (Fsp3) is 0.250. The van der Waals surface area contributed by atoms with Gasteiger partial charge in [-0.1, -0.05) is 66.7 Å². The summed E-state index contributed by atoms with van der Waals surface area (Å²) in [5, 5.41) is 23.8. The molecule has 1 aliphatic rings. The molecule has 1 unspecified atom stereocenters. The highest BCUT2D eigenvalue weighted by Gasteiger charge is 2.29. The number of benzene rings is 3. The minimum Gasteiger partial charge on any atom is -0.858 e. The van der Waals surface area contributed by atoms with E-state index >= 15 is 0 Å². The summed E-state index contributed by atoms with van der Waals surface area (Å²) < 4.78 is 2.94. The lowest BCUT2D eigenvalue weighted by atomic mass is 9.85. The maximum absolute atomic E-state index is 13.7. The molecular weight excluding hydrogens is 486 g/mol. The van der Waals surface area contributed by atoms with Gasteiger partial charge in [-0.2, -0.15) is 5.10 Å². The number of nitrogens with zero attached hydrogens (tertiary/aromatic N) is 3. The Morgan fingerprint density at radius 2 is 1.36 bits per heavy atom. The van der Waals surface area contributed by atoms with Crippen LogP contribution in [0, 0.1) is 13.8 Å². The minimum absolute atomic E-state index is 0.182. The van der Waals surface area contributed by atoms with Crippen LogP contribution in [0.5, 0.6) is 5.88 Å². The molecule has 6 rings (SSSR count). The second kappa shape index (κ2) is 12.0. The molecule has 0 saturated carbocycles. The Morgan fingerprint density at radius 3 is 1.90 bits per heavy atom. The molecule has 200 valence electrons. The molecule has 0 radical (unpaired) electrons. The van der Waals surface area contributed by atoms with E-state index < -0.39 is 5.92 Å². The van der Waals surface area contributed by atoms with Crippen molar-refractivity contribution in [3.05, 3.63) is 129 Å². The fourth-order valence-electron chi connectivity index (χ4n) is 5.27. The second-order valence-electron chi connectivity index (χ2n) is 9.95. The second-order valence-corrected chi connectivity index (χ2v) is 9.95. The van der Waals surface area contributed by atoms with E-state index in [-0.39, 0.29) is 11.4 Å². The van der Waals surface area contributed by atoms with Crippen molar-refractivity contribution in [3.63, 3.8) is 0 Å². The van der Waals surface area contributed by atoms with Crippen LogP contribution in [0.15, 0.2) is 95.8 Å². The summed E-state index contributed by atoms with van der Waals surface area (Å²) in [7, 11) is 0. The number of aromatic amines is 1. The molecule has 1 fully saturated rings. The predicted molar refractivity (Wildman–Crippen MR) is 152 cm³/mol. The van der Waals surface area contributed by atoms with Crippen LogP contribution < -0.4 is 16.0 Å². The molecule has 3 aromatic carbocycles. The molecule has 3 N–H and O–H groups in total. The Balaban J connectivity index is 0.000000455. The molecule has 1 atom stereocenters. The van der Waals surface area contributed by atoms with Gasteiger partial charge in [0, 0.05) is 11.6 Å². The van der Waals surface area contributed by atoms with Crippen LogP contribution in [0.1, 0.15) is 53.3 Å². The summed E-state index contributed by atoms with van der Waals surface area (Å²) in [6.45, 7) is 6.44. The molecule has 0 amide bonds. The van der Waals surface area contributed by atoms with Gasteiger partial charge in [0.1, 0.15) is 0 Å². The van der Waals surface area contributed by atoms with E-state index in [4.69, 9.17) is 0 Å². The standard InChI is InChI=1S/C27H24N4O2.C5H11N/c1-18-23(26(32)30(28-18)21-14-8-4-9-15-21)25(20-12-6-3-7-13-20)24-19(2)29-31(27(24)33)22-16-10-5-11-17-22;1-2-4-6-5-3-1/h3-17,25,28,33H,1-2H3;6H,1-5H2. The summed E-state index contributed by atoms with van der Waals surface area (Å²) in [5.74, 6) is -0.774. The van der Waals surface area contributed by atoms with Crippen LogP contribution >= 0.6 is 0 Å². The molecule has 5 aromatic rings. The summed E-state index contributed by atoms with van der Waals surface area (Å²) >= 11 is 0. The fourth-order valence-corrected chi connectivity index (χ4v) is 5.27. The van der Waals surface area contributed by atoms with Crippen molar-refractivity contribution in [3.8, 4) is 17.3 Å². The predicted octanol–water partition coefficient (Wildman–Crippen LogP) is 3.96. The van der Waals surface area contributed by atoms with Gasteiger partial charge < -0.3 is 10.4 Å². The summed E-state index contributed by atoms with van der Waals surface area (Å²) in [5.41, 5.74) is 4.47. The third-order valence-electron chi connectivity index (χ3n) is 7.22. The smallest absolute Gasteiger partial charge is 0.275 e. The van der Waals surface area contributed by atoms with E-state index in [1.165, 1.54) is 41.7 Å². The first kappa shape index (κ1) is 26.3. The normalized spacial score (nSPS) is 13.9. The maximum Gasteiger partial charge on any atom is 0.275 e. The number of para-hydroxylation sites is 2. The summed E-state index contributed by atoms with van der Waals surface area (Å²) in [4.78, 5) is 13.7. The molecular formula is C32H35N5O2. The van der Waals surface area contributed by atoms with Crippen molar-refractivity contribution >= 4 is 0 Å². The Labute approximate surface area is 228 Å². The van der Waals surface area contributed by atoms with E-state index in [2.05, 4.69) is 15.5 Å². The van der Waals surface area contributed by atoms with Gasteiger partial charge in [0.25, 0.3) is 5.56 Å². The highest BCUT2D eigenvalue weighted by atomic mass is 16.3. The van der Waals surface area contributed by atoms with Crippen molar-refractivity contribution in [1.82, 2.24) is 19.6 Å². The van der Waals surface area contributed by atoms with Gasteiger partial charge in [0.05, 0.1) is 35.7 Å². The van der Waals surface area contributed by atoms with Crippen LogP contribution in [0.2, 0.25) is 0 Å². The molecule has 0 spiro atoms. The van der Waals surface area contributed by atoms with Gasteiger partial charge in [0.15, 0.2) is 0 Å². The van der Waals surface area contributed by atoms with Crippen molar-refractivity contribution in [1.29, 1.82) is 0 Å². The Bertz CT molecular complexity index is 1540. The zero-order valence-corrected chi connectivity index (χ0v) is 22.5. The van der Waals surface area contributed by atoms with Crippen LogP contribution in [-0.2, 0) is 0 Å². The van der Waals surface area contributed by atoms with Crippen molar-refractivity contribution in [2.24, 2.45) is 0 Å². The van der Waals surface area contributed by atoms with Crippen LogP contribution in [0.4, 0.5) is 0 Å². The number of aromatic nitrogens is 4. The molecule has 0 bridgehead atoms. The molecule has 7 nitrogen and oxygen atoms in total. The number of hydrogen-bond donors (Lipinski definition) is 2. The number of aryl methyl sites for hydroxylation is 2. The number of hydrogen-bond acceptors (Lipinski definition) is 3. The minimum atomic E-state index is -0.551. The first-order valence-corrected chi connectivity index (χ1v) is 13.6. The lowest BCUT2D eigenvalue weighted by molar-refractivity contribution is -0.662. The van der Waals surface area contributed by atoms with Crippen molar-refractivity contribution in [2.45, 2.75) is 39.0 Å². The van der Waals surface area contributed by atoms with E-state index in [1.54, 1.807) is 0 Å². The molecule has 3 heterocycles. The average Bonchev–Trinajstić information content (AvgIpc) is 3.46. The molecule has 0 aliphatic carbocycles. The lowest BCUT2D eigenvalue weighted by Gasteiger charge is -2.21. The Kier molecular flexibility index (Phi) is 8.08. The zero-order valence-electron chi connectivity index (χ0n) is 22.5. The summed E-state index contributed by atoms with van der Waals surface area (Å²) in [6, 6.07) is 28.4. The quantitative estimate of drug-likeness (QED) is 0.367. The van der Waals surface area contributed by atoms with Crippen molar-refractivity contribution < 1.29 is 10.4 Å². The molecule has 2 aromatic heterocycles. The number of H-pyrrole nitrogens is 1. The van der Waals surface area contributed by atoms with Gasteiger partial charge in [-0.05, 0) is 74.4 Å². The Hall–Kier alpha value is -4.36. The summed E-state index contributed by atoms with van der Waals surface area (Å²) in [6.07, 6.45) is 4.36. The largest absolute Gasteiger partial charge is 0.858 e. The van der Waals surface area contributed by atoms with Gasteiger partial charge in [-0.15, -0.1) is 0 Å². The van der Waals surface area contributed by atoms with E-state index in [1.807, 2.05) is 105 Å². The van der Waals surface area contributed by atoms with Gasteiger partial charge in [0.2, 0.25) is 0 Å². The highest BCUT2D eigenvalue weighted by Crippen LogP contribution is 2.38. The third-order valence-corrected chi connectivity index (χ3v) is 7.22. The molecule has 39 heavy (non-hydrogen) atoms. The monoisotopic (exact) mass is 521 g/mol. The van der Waals surface area contributed by atoms with Crippen LogP contribution in [0.3, 0.4) is 0 Å². The Morgan fingerprint density at radius 1 is 0.795 bits per heavy atom. The van der Waals surface area contributed by atoms with Crippen molar-refractivity contribution in [2.75, 3.05) is 13.1 Å². The van der Waals surface area contributed by atoms with Gasteiger partial charge in [-0.25, -0.2) is 9.36 Å². The maximum atomic E-state index is 13.7. The first-order chi connectivity index (χ1) is 19.1. The van der Waals surface area contributed by atoms with E-state index in [9.17, 15) is 9.90 Å². The number of rotatable bonds is 5. The van der Waals surface area contributed by atoms with E-state index in [0.29, 0.717) is 28.2 Å².